The molecule has 7 nitrogen and oxygen atoms in total. The number of benzene rings is 2. The van der Waals surface area contributed by atoms with Gasteiger partial charge in [-0.1, -0.05) is 13.3 Å². The third-order valence-corrected chi connectivity index (χ3v) is 5.39. The van der Waals surface area contributed by atoms with E-state index in [0.29, 0.717) is 23.4 Å². The Balaban J connectivity index is 1.79. The Morgan fingerprint density at radius 1 is 1.00 bits per heavy atom. The zero-order chi connectivity index (χ0) is 22.2. The molecule has 1 fully saturated rings. The second-order valence-corrected chi connectivity index (χ2v) is 7.69. The lowest BCUT2D eigenvalue weighted by Crippen LogP contribution is -2.44. The molecule has 2 aromatic carbocycles. The number of nitrogens with one attached hydrogen (secondary N) is 1. The summed E-state index contributed by atoms with van der Waals surface area (Å²) in [6.07, 6.45) is 2.06. The average molecular weight is 426 g/mol. The molecule has 0 radical (unpaired) electrons. The van der Waals surface area contributed by atoms with Crippen molar-refractivity contribution in [2.75, 3.05) is 57.2 Å². The molecule has 0 atom stereocenters. The Hall–Kier alpha value is -3.06. The fourth-order valence-electron chi connectivity index (χ4n) is 3.44. The molecule has 7 heteroatoms. The maximum absolute atomic E-state index is 12.9. The number of nitrogens with zero attached hydrogens (tertiary/aromatic N) is 2. The van der Waals surface area contributed by atoms with Crippen LogP contribution in [0.1, 0.15) is 40.5 Å². The molecule has 1 aliphatic heterocycles. The normalized spacial score (nSPS) is 14.2. The van der Waals surface area contributed by atoms with Gasteiger partial charge in [0.1, 0.15) is 5.75 Å². The van der Waals surface area contributed by atoms with E-state index in [1.165, 1.54) is 7.11 Å². The number of unbranched alkanes of at least 4 members (excludes halogenated alkanes) is 1. The Morgan fingerprint density at radius 2 is 1.68 bits per heavy atom. The van der Waals surface area contributed by atoms with Crippen molar-refractivity contribution in [3.8, 4) is 5.75 Å². The van der Waals surface area contributed by atoms with Crippen molar-refractivity contribution in [3.63, 3.8) is 0 Å². The van der Waals surface area contributed by atoms with Crippen LogP contribution in [-0.4, -0.2) is 63.7 Å². The fourth-order valence-corrected chi connectivity index (χ4v) is 3.44. The van der Waals surface area contributed by atoms with Crippen LogP contribution in [0.2, 0.25) is 0 Å². The number of anilines is 2. The maximum atomic E-state index is 12.9. The van der Waals surface area contributed by atoms with Crippen LogP contribution in [0, 0.1) is 0 Å². The van der Waals surface area contributed by atoms with E-state index in [-0.39, 0.29) is 5.91 Å². The number of carbonyl (C=O) groups is 2. The lowest BCUT2D eigenvalue weighted by atomic mass is 10.1. The number of esters is 1. The highest BCUT2D eigenvalue weighted by Gasteiger charge is 2.20. The van der Waals surface area contributed by atoms with E-state index >= 15 is 0 Å². The third-order valence-electron chi connectivity index (χ3n) is 5.39. The summed E-state index contributed by atoms with van der Waals surface area (Å²) in [5.74, 6) is 0.0716. The first-order valence-corrected chi connectivity index (χ1v) is 10.7. The van der Waals surface area contributed by atoms with Gasteiger partial charge in [-0.2, -0.15) is 0 Å². The van der Waals surface area contributed by atoms with Gasteiger partial charge in [0.05, 0.1) is 30.7 Å². The van der Waals surface area contributed by atoms with Crippen molar-refractivity contribution >= 4 is 23.3 Å². The van der Waals surface area contributed by atoms with E-state index in [2.05, 4.69) is 29.1 Å². The van der Waals surface area contributed by atoms with Crippen LogP contribution in [0.15, 0.2) is 42.5 Å². The van der Waals surface area contributed by atoms with Crippen LogP contribution in [0.3, 0.4) is 0 Å². The zero-order valence-electron chi connectivity index (χ0n) is 18.5. The molecular weight excluding hydrogens is 394 g/mol. The van der Waals surface area contributed by atoms with Gasteiger partial charge in [-0.15, -0.1) is 0 Å². The maximum Gasteiger partial charge on any atom is 0.337 e. The van der Waals surface area contributed by atoms with Crippen LogP contribution >= 0.6 is 0 Å². The van der Waals surface area contributed by atoms with Crippen molar-refractivity contribution in [1.29, 1.82) is 0 Å². The Kier molecular flexibility index (Phi) is 7.89. The Labute approximate surface area is 183 Å². The minimum Gasteiger partial charge on any atom is -0.494 e. The zero-order valence-corrected chi connectivity index (χ0v) is 18.5. The summed E-state index contributed by atoms with van der Waals surface area (Å²) >= 11 is 0. The molecule has 0 spiro atoms. The molecule has 0 saturated carbocycles. The van der Waals surface area contributed by atoms with Gasteiger partial charge in [0.2, 0.25) is 0 Å². The number of methoxy groups -OCH3 is 1. The highest BCUT2D eigenvalue weighted by molar-refractivity contribution is 6.07. The van der Waals surface area contributed by atoms with Gasteiger partial charge in [-0.05, 0) is 55.9 Å². The van der Waals surface area contributed by atoms with Gasteiger partial charge in [0.15, 0.2) is 0 Å². The Bertz CT molecular complexity index is 890. The van der Waals surface area contributed by atoms with Crippen LogP contribution in [0.4, 0.5) is 11.4 Å². The Morgan fingerprint density at radius 3 is 2.32 bits per heavy atom. The highest BCUT2D eigenvalue weighted by atomic mass is 16.5. The molecule has 166 valence electrons. The smallest absolute Gasteiger partial charge is 0.337 e. The molecule has 3 rings (SSSR count). The van der Waals surface area contributed by atoms with E-state index in [1.807, 2.05) is 6.07 Å². The number of rotatable bonds is 8. The van der Waals surface area contributed by atoms with Crippen LogP contribution < -0.4 is 15.0 Å². The van der Waals surface area contributed by atoms with E-state index in [4.69, 9.17) is 9.47 Å². The molecule has 1 aliphatic rings. The SMILES string of the molecule is CCCCOc1ccc(C(=O)Nc2cc(C(=O)OC)ccc2N2CCN(C)CC2)cc1. The van der Waals surface area contributed by atoms with Crippen molar-refractivity contribution in [1.82, 2.24) is 4.90 Å². The molecule has 2 aromatic rings. The molecule has 1 amide bonds. The van der Waals surface area contributed by atoms with Gasteiger partial charge < -0.3 is 24.6 Å². The second-order valence-electron chi connectivity index (χ2n) is 7.69. The van der Waals surface area contributed by atoms with Crippen LogP contribution in [0.25, 0.3) is 0 Å². The number of hydrogen-bond acceptors (Lipinski definition) is 6. The van der Waals surface area contributed by atoms with Crippen molar-refractivity contribution in [2.24, 2.45) is 0 Å². The van der Waals surface area contributed by atoms with Gasteiger partial charge >= 0.3 is 5.97 Å². The quantitative estimate of drug-likeness (QED) is 0.514. The van der Waals surface area contributed by atoms with Gasteiger partial charge in [0, 0.05) is 31.7 Å². The molecule has 1 N–H and O–H groups in total. The number of amides is 1. The summed E-state index contributed by atoms with van der Waals surface area (Å²) in [5, 5.41) is 2.98. The lowest BCUT2D eigenvalue weighted by molar-refractivity contribution is 0.0600. The molecule has 0 unspecified atom stereocenters. The van der Waals surface area contributed by atoms with E-state index in [1.54, 1.807) is 36.4 Å². The topological polar surface area (TPSA) is 71.1 Å². The summed E-state index contributed by atoms with van der Waals surface area (Å²) in [6, 6.07) is 12.4. The number of carbonyl (C=O) groups excluding carboxylic acids is 2. The van der Waals surface area contributed by atoms with E-state index in [0.717, 1.165) is 50.5 Å². The average Bonchev–Trinajstić information content (AvgIpc) is 2.80. The monoisotopic (exact) mass is 425 g/mol. The lowest BCUT2D eigenvalue weighted by Gasteiger charge is -2.35. The summed E-state index contributed by atoms with van der Waals surface area (Å²) < 4.78 is 10.5. The molecule has 0 bridgehead atoms. The largest absolute Gasteiger partial charge is 0.494 e. The van der Waals surface area contributed by atoms with Crippen molar-refractivity contribution < 1.29 is 19.1 Å². The molecule has 31 heavy (non-hydrogen) atoms. The first-order valence-electron chi connectivity index (χ1n) is 10.7. The first kappa shape index (κ1) is 22.6. The van der Waals surface area contributed by atoms with Gasteiger partial charge in [-0.25, -0.2) is 4.79 Å². The molecule has 0 aliphatic carbocycles. The number of likely N-dealkylation sites (N-methyl/N-ethyl adjacent to an activating group) is 1. The molecular formula is C24H31N3O4. The van der Waals surface area contributed by atoms with Crippen molar-refractivity contribution in [2.45, 2.75) is 19.8 Å². The summed E-state index contributed by atoms with van der Waals surface area (Å²) in [6.45, 7) is 6.35. The molecule has 0 aromatic heterocycles. The summed E-state index contributed by atoms with van der Waals surface area (Å²) in [7, 11) is 3.44. The van der Waals surface area contributed by atoms with Crippen molar-refractivity contribution in [3.05, 3.63) is 53.6 Å². The summed E-state index contributed by atoms with van der Waals surface area (Å²) in [5.41, 5.74) is 2.42. The van der Waals surface area contributed by atoms with Gasteiger partial charge in [-0.3, -0.25) is 4.79 Å². The van der Waals surface area contributed by atoms with Gasteiger partial charge in [0.25, 0.3) is 5.91 Å². The molecule has 1 heterocycles. The highest BCUT2D eigenvalue weighted by Crippen LogP contribution is 2.29. The van der Waals surface area contributed by atoms with Crippen LogP contribution in [0.5, 0.6) is 5.75 Å². The van der Waals surface area contributed by atoms with Crippen LogP contribution in [-0.2, 0) is 4.74 Å². The minimum absolute atomic E-state index is 0.238. The fraction of sp³-hybridized carbons (Fsp3) is 0.417. The number of hydrogen-bond donors (Lipinski definition) is 1. The number of piperazine rings is 1. The summed E-state index contributed by atoms with van der Waals surface area (Å²) in [4.78, 5) is 29.4. The predicted molar refractivity (Wildman–Crippen MR) is 122 cm³/mol. The van der Waals surface area contributed by atoms with E-state index < -0.39 is 5.97 Å². The minimum atomic E-state index is -0.436. The first-order chi connectivity index (χ1) is 15.0. The molecule has 1 saturated heterocycles. The third kappa shape index (κ3) is 5.98. The predicted octanol–water partition coefficient (Wildman–Crippen LogP) is 3.66. The standard InChI is InChI=1S/C24H31N3O4/c1-4-5-16-31-20-9-6-18(7-10-20)23(28)25-21-17-19(24(29)30-3)8-11-22(21)27-14-12-26(2)13-15-27/h6-11,17H,4-5,12-16H2,1-3H3,(H,25,28). The number of ether oxygens (including phenoxy) is 2. The second kappa shape index (κ2) is 10.8. The van der Waals surface area contributed by atoms with E-state index in [9.17, 15) is 9.59 Å².